The van der Waals surface area contributed by atoms with Gasteiger partial charge in [-0.1, -0.05) is 121 Å². The van der Waals surface area contributed by atoms with E-state index in [0.29, 0.717) is 0 Å². The highest BCUT2D eigenvalue weighted by molar-refractivity contribution is 6.20. The average molecular weight is 628 g/mol. The molecule has 0 radical (unpaired) electrons. The first-order valence-corrected chi connectivity index (χ1v) is 16.6. The number of rotatable bonds is 5. The van der Waals surface area contributed by atoms with Crippen LogP contribution in [-0.4, -0.2) is 0 Å². The standard InChI is InChI=1S/C46H29NO2/c1-2-11-30(12-3-1)35-14-6-7-15-36(35)32-21-24-33(25-22-32)47(40-18-10-20-43-46(40)38-17-8-9-19-41(38)48-43)34-26-28-42-39(29-34)45-37-16-5-4-13-31(37)23-27-44(45)49-42/h1-29H. The summed E-state index contributed by atoms with van der Waals surface area (Å²) in [5.74, 6) is 0. The van der Waals surface area contributed by atoms with Crippen LogP contribution in [0.25, 0.3) is 76.9 Å². The maximum Gasteiger partial charge on any atom is 0.137 e. The van der Waals surface area contributed by atoms with Gasteiger partial charge in [0.25, 0.3) is 0 Å². The Balaban J connectivity index is 1.20. The van der Waals surface area contributed by atoms with Gasteiger partial charge in [0.15, 0.2) is 0 Å². The van der Waals surface area contributed by atoms with E-state index in [9.17, 15) is 0 Å². The Hall–Kier alpha value is -6.58. The summed E-state index contributed by atoms with van der Waals surface area (Å²) in [4.78, 5) is 2.35. The molecule has 3 heteroatoms. The lowest BCUT2D eigenvalue weighted by atomic mass is 9.94. The van der Waals surface area contributed by atoms with Crippen molar-refractivity contribution >= 4 is 71.7 Å². The van der Waals surface area contributed by atoms with Crippen LogP contribution in [0.1, 0.15) is 0 Å². The van der Waals surface area contributed by atoms with Gasteiger partial charge in [0.1, 0.15) is 22.3 Å². The topological polar surface area (TPSA) is 29.5 Å². The van der Waals surface area contributed by atoms with Crippen molar-refractivity contribution in [3.05, 3.63) is 176 Å². The summed E-state index contributed by atoms with van der Waals surface area (Å²) < 4.78 is 12.8. The molecule has 0 bridgehead atoms. The summed E-state index contributed by atoms with van der Waals surface area (Å²) in [6.45, 7) is 0. The third-order valence-electron chi connectivity index (χ3n) is 9.67. The zero-order valence-corrected chi connectivity index (χ0v) is 26.5. The first-order chi connectivity index (χ1) is 24.3. The molecular weight excluding hydrogens is 599 g/mol. The third-order valence-corrected chi connectivity index (χ3v) is 9.67. The van der Waals surface area contributed by atoms with E-state index in [1.807, 2.05) is 12.1 Å². The van der Waals surface area contributed by atoms with Crippen molar-refractivity contribution in [3.8, 4) is 22.3 Å². The predicted molar refractivity (Wildman–Crippen MR) is 204 cm³/mol. The van der Waals surface area contributed by atoms with E-state index < -0.39 is 0 Å². The third kappa shape index (κ3) is 4.44. The van der Waals surface area contributed by atoms with E-state index in [4.69, 9.17) is 8.83 Å². The second-order valence-corrected chi connectivity index (χ2v) is 12.5. The lowest BCUT2D eigenvalue weighted by molar-refractivity contribution is 0.668. The van der Waals surface area contributed by atoms with Gasteiger partial charge in [0.05, 0.1) is 11.1 Å². The Morgan fingerprint density at radius 1 is 0.347 bits per heavy atom. The highest BCUT2D eigenvalue weighted by atomic mass is 16.3. The van der Waals surface area contributed by atoms with Crippen LogP contribution in [0.4, 0.5) is 17.1 Å². The molecule has 0 amide bonds. The molecule has 2 aromatic heterocycles. The molecule has 0 saturated carbocycles. The average Bonchev–Trinajstić information content (AvgIpc) is 3.74. The number of anilines is 3. The molecule has 10 aromatic rings. The number of nitrogens with zero attached hydrogens (tertiary/aromatic N) is 1. The number of furan rings is 2. The Morgan fingerprint density at radius 3 is 1.76 bits per heavy atom. The number of para-hydroxylation sites is 1. The van der Waals surface area contributed by atoms with Crippen molar-refractivity contribution < 1.29 is 8.83 Å². The second kappa shape index (κ2) is 11.0. The molecule has 0 aliphatic heterocycles. The minimum atomic E-state index is 0.859. The van der Waals surface area contributed by atoms with E-state index >= 15 is 0 Å². The minimum absolute atomic E-state index is 0.859. The van der Waals surface area contributed by atoms with Crippen LogP contribution >= 0.6 is 0 Å². The fraction of sp³-hybridized carbons (Fsp3) is 0. The van der Waals surface area contributed by atoms with Crippen molar-refractivity contribution in [2.75, 3.05) is 4.90 Å². The highest BCUT2D eigenvalue weighted by Crippen LogP contribution is 2.45. The van der Waals surface area contributed by atoms with E-state index in [2.05, 4.69) is 169 Å². The molecule has 0 unspecified atom stereocenters. The molecule has 0 spiro atoms. The summed E-state index contributed by atoms with van der Waals surface area (Å²) >= 11 is 0. The molecule has 3 nitrogen and oxygen atoms in total. The smallest absolute Gasteiger partial charge is 0.137 e. The van der Waals surface area contributed by atoms with E-state index in [1.165, 1.54) is 27.5 Å². The summed E-state index contributed by atoms with van der Waals surface area (Å²) in [6, 6.07) is 62.0. The Morgan fingerprint density at radius 2 is 0.939 bits per heavy atom. The highest BCUT2D eigenvalue weighted by Gasteiger charge is 2.21. The van der Waals surface area contributed by atoms with Crippen LogP contribution in [0.3, 0.4) is 0 Å². The van der Waals surface area contributed by atoms with E-state index in [0.717, 1.165) is 66.5 Å². The predicted octanol–water partition coefficient (Wildman–Crippen LogP) is 13.4. The zero-order valence-electron chi connectivity index (χ0n) is 26.5. The minimum Gasteiger partial charge on any atom is -0.456 e. The first kappa shape index (κ1) is 27.5. The van der Waals surface area contributed by atoms with Crippen LogP contribution in [0.2, 0.25) is 0 Å². The molecule has 0 fully saturated rings. The van der Waals surface area contributed by atoms with Crippen LogP contribution in [0.15, 0.2) is 185 Å². The molecule has 2 heterocycles. The molecule has 8 aromatic carbocycles. The van der Waals surface area contributed by atoms with E-state index in [-0.39, 0.29) is 0 Å². The van der Waals surface area contributed by atoms with Gasteiger partial charge < -0.3 is 13.7 Å². The molecule has 0 N–H and O–H groups in total. The van der Waals surface area contributed by atoms with Gasteiger partial charge in [-0.15, -0.1) is 0 Å². The van der Waals surface area contributed by atoms with Gasteiger partial charge in [-0.05, 0) is 87.6 Å². The summed E-state index contributed by atoms with van der Waals surface area (Å²) in [5, 5.41) is 6.78. The van der Waals surface area contributed by atoms with Crippen molar-refractivity contribution in [1.82, 2.24) is 0 Å². The molecule has 0 saturated heterocycles. The lowest BCUT2D eigenvalue weighted by Gasteiger charge is -2.26. The van der Waals surface area contributed by atoms with Crippen molar-refractivity contribution in [2.24, 2.45) is 0 Å². The lowest BCUT2D eigenvalue weighted by Crippen LogP contribution is -2.10. The van der Waals surface area contributed by atoms with Crippen LogP contribution in [-0.2, 0) is 0 Å². The van der Waals surface area contributed by atoms with Crippen LogP contribution in [0.5, 0.6) is 0 Å². The van der Waals surface area contributed by atoms with Gasteiger partial charge >= 0.3 is 0 Å². The van der Waals surface area contributed by atoms with Gasteiger partial charge in [0, 0.05) is 27.5 Å². The molecule has 49 heavy (non-hydrogen) atoms. The van der Waals surface area contributed by atoms with E-state index in [1.54, 1.807) is 0 Å². The Labute approximate surface area is 282 Å². The zero-order chi connectivity index (χ0) is 32.3. The second-order valence-electron chi connectivity index (χ2n) is 12.5. The number of fused-ring (bicyclic) bond motifs is 8. The largest absolute Gasteiger partial charge is 0.456 e. The monoisotopic (exact) mass is 627 g/mol. The van der Waals surface area contributed by atoms with Crippen molar-refractivity contribution in [1.29, 1.82) is 0 Å². The maximum atomic E-state index is 6.40. The molecule has 0 atom stereocenters. The first-order valence-electron chi connectivity index (χ1n) is 16.6. The maximum absolute atomic E-state index is 6.40. The SMILES string of the molecule is c1ccc(-c2ccccc2-c2ccc(N(c3ccc4oc5ccc6ccccc6c5c4c3)c3cccc4oc5ccccc5c34)cc2)cc1. The number of benzene rings is 8. The molecular formula is C46H29NO2. The van der Waals surface area contributed by atoms with Crippen LogP contribution in [0, 0.1) is 0 Å². The summed E-state index contributed by atoms with van der Waals surface area (Å²) in [6.07, 6.45) is 0. The molecule has 10 rings (SSSR count). The fourth-order valence-corrected chi connectivity index (χ4v) is 7.44. The summed E-state index contributed by atoms with van der Waals surface area (Å²) in [7, 11) is 0. The number of hydrogen-bond acceptors (Lipinski definition) is 3. The summed E-state index contributed by atoms with van der Waals surface area (Å²) in [5.41, 5.74) is 11.4. The Bertz CT molecular complexity index is 2830. The number of hydrogen-bond donors (Lipinski definition) is 0. The van der Waals surface area contributed by atoms with Crippen molar-refractivity contribution in [3.63, 3.8) is 0 Å². The van der Waals surface area contributed by atoms with Gasteiger partial charge in [-0.3, -0.25) is 0 Å². The molecule has 230 valence electrons. The van der Waals surface area contributed by atoms with Gasteiger partial charge in [-0.2, -0.15) is 0 Å². The fourth-order valence-electron chi connectivity index (χ4n) is 7.44. The molecule has 0 aliphatic carbocycles. The molecule has 0 aliphatic rings. The Kier molecular flexibility index (Phi) is 6.18. The van der Waals surface area contributed by atoms with Gasteiger partial charge in [0.2, 0.25) is 0 Å². The normalized spacial score (nSPS) is 11.7. The van der Waals surface area contributed by atoms with Crippen LogP contribution < -0.4 is 4.90 Å². The van der Waals surface area contributed by atoms with Crippen molar-refractivity contribution in [2.45, 2.75) is 0 Å². The quantitative estimate of drug-likeness (QED) is 0.190. The van der Waals surface area contributed by atoms with Gasteiger partial charge in [-0.25, -0.2) is 0 Å².